The van der Waals surface area contributed by atoms with Gasteiger partial charge in [0.15, 0.2) is 0 Å². The molecule has 2 atom stereocenters. The lowest BCUT2D eigenvalue weighted by atomic mass is 9.94. The Bertz CT molecular complexity index is 906. The van der Waals surface area contributed by atoms with Crippen LogP contribution in [-0.4, -0.2) is 36.8 Å². The fraction of sp³-hybridized carbons (Fsp3) is 0.381. The lowest BCUT2D eigenvalue weighted by molar-refractivity contribution is 0.141. The van der Waals surface area contributed by atoms with Crippen molar-refractivity contribution in [2.45, 2.75) is 44.2 Å². The molecule has 0 radical (unpaired) electrons. The minimum Gasteiger partial charge on any atom is -0.388 e. The Morgan fingerprint density at radius 3 is 2.30 bits per heavy atom. The Labute approximate surface area is 161 Å². The number of likely N-dealkylation sites (tertiary alicyclic amines) is 1. The topological polar surface area (TPSA) is 70.0 Å². The summed E-state index contributed by atoms with van der Waals surface area (Å²) in [5, 5.41) is 10.9. The molecule has 2 aromatic rings. The number of aliphatic hydroxyl groups is 1. The molecule has 0 saturated carbocycles. The zero-order chi connectivity index (χ0) is 19.6. The number of nitrogens with zero attached hydrogens (tertiary/aromatic N) is 2. The average Bonchev–Trinajstić information content (AvgIpc) is 3.05. The standard InChI is InChI=1S/C21H26N2O3S/c1-15(2)23-14-13-19(20(24)17-7-5-4-6-8-17)21(23)22-27(25,26)18-11-9-16(3)10-12-18/h4-12,15,19-20,24H,13-14H2,1-3H3/b22-21-/t19-,20-/m1/s1. The molecule has 5 nitrogen and oxygen atoms in total. The van der Waals surface area contributed by atoms with Crippen molar-refractivity contribution in [1.82, 2.24) is 4.90 Å². The van der Waals surface area contributed by atoms with Crippen molar-refractivity contribution in [3.8, 4) is 0 Å². The van der Waals surface area contributed by atoms with Crippen LogP contribution < -0.4 is 0 Å². The molecule has 27 heavy (non-hydrogen) atoms. The third-order valence-corrected chi connectivity index (χ3v) is 6.28. The second-order valence-corrected chi connectivity index (χ2v) is 8.88. The number of aliphatic hydroxyl groups excluding tert-OH is 1. The maximum absolute atomic E-state index is 12.9. The smallest absolute Gasteiger partial charge is 0.283 e. The van der Waals surface area contributed by atoms with E-state index in [1.807, 2.05) is 56.0 Å². The van der Waals surface area contributed by atoms with Crippen molar-refractivity contribution >= 4 is 15.9 Å². The number of hydrogen-bond donors (Lipinski definition) is 1. The van der Waals surface area contributed by atoms with Crippen LogP contribution in [0.25, 0.3) is 0 Å². The van der Waals surface area contributed by atoms with Gasteiger partial charge < -0.3 is 10.0 Å². The zero-order valence-corrected chi connectivity index (χ0v) is 16.7. The SMILES string of the molecule is Cc1ccc(S(=O)(=O)/N=C2/[C@@H]([C@H](O)c3ccccc3)CCN2C(C)C)cc1. The average molecular weight is 387 g/mol. The first-order valence-electron chi connectivity index (χ1n) is 9.21. The van der Waals surface area contributed by atoms with Crippen molar-refractivity contribution in [2.24, 2.45) is 10.3 Å². The number of benzene rings is 2. The quantitative estimate of drug-likeness (QED) is 0.853. The third kappa shape index (κ3) is 4.22. The van der Waals surface area contributed by atoms with Gasteiger partial charge in [0.1, 0.15) is 5.84 Å². The molecule has 1 aliphatic heterocycles. The van der Waals surface area contributed by atoms with E-state index >= 15 is 0 Å². The van der Waals surface area contributed by atoms with Gasteiger partial charge in [-0.1, -0.05) is 48.0 Å². The van der Waals surface area contributed by atoms with Crippen molar-refractivity contribution in [1.29, 1.82) is 0 Å². The maximum Gasteiger partial charge on any atom is 0.283 e. The molecule has 0 aromatic heterocycles. The summed E-state index contributed by atoms with van der Waals surface area (Å²) >= 11 is 0. The van der Waals surface area contributed by atoms with Crippen LogP contribution in [0.1, 0.15) is 37.5 Å². The first-order valence-corrected chi connectivity index (χ1v) is 10.6. The van der Waals surface area contributed by atoms with Crippen molar-refractivity contribution in [2.75, 3.05) is 6.54 Å². The molecule has 1 fully saturated rings. The number of rotatable bonds is 5. The van der Waals surface area contributed by atoms with Gasteiger partial charge in [-0.05, 0) is 44.9 Å². The second kappa shape index (κ2) is 7.82. The van der Waals surface area contributed by atoms with Crippen LogP contribution >= 0.6 is 0 Å². The van der Waals surface area contributed by atoms with Gasteiger partial charge in [-0.15, -0.1) is 4.40 Å². The van der Waals surface area contributed by atoms with Crippen LogP contribution in [0.15, 0.2) is 63.9 Å². The van der Waals surface area contributed by atoms with Crippen molar-refractivity contribution < 1.29 is 13.5 Å². The number of amidine groups is 1. The highest BCUT2D eigenvalue weighted by atomic mass is 32.2. The molecule has 0 amide bonds. The summed E-state index contributed by atoms with van der Waals surface area (Å²) in [6.45, 7) is 6.59. The van der Waals surface area contributed by atoms with Crippen LogP contribution in [0.2, 0.25) is 0 Å². The van der Waals surface area contributed by atoms with E-state index in [4.69, 9.17) is 0 Å². The minimum atomic E-state index is -3.84. The van der Waals surface area contributed by atoms with E-state index < -0.39 is 16.1 Å². The molecular weight excluding hydrogens is 360 g/mol. The summed E-state index contributed by atoms with van der Waals surface area (Å²) < 4.78 is 29.9. The van der Waals surface area contributed by atoms with Gasteiger partial charge in [0.25, 0.3) is 10.0 Å². The Hall–Kier alpha value is -2.18. The number of aryl methyl sites for hydroxylation is 1. The van der Waals surface area contributed by atoms with E-state index in [0.717, 1.165) is 11.1 Å². The molecule has 0 unspecified atom stereocenters. The first kappa shape index (κ1) is 19.6. The predicted molar refractivity (Wildman–Crippen MR) is 107 cm³/mol. The van der Waals surface area contributed by atoms with Crippen LogP contribution in [0.4, 0.5) is 0 Å². The van der Waals surface area contributed by atoms with Gasteiger partial charge in [0.2, 0.25) is 0 Å². The van der Waals surface area contributed by atoms with Gasteiger partial charge >= 0.3 is 0 Å². The van der Waals surface area contributed by atoms with E-state index in [9.17, 15) is 13.5 Å². The Balaban J connectivity index is 2.01. The zero-order valence-electron chi connectivity index (χ0n) is 15.9. The summed E-state index contributed by atoms with van der Waals surface area (Å²) in [4.78, 5) is 2.15. The van der Waals surface area contributed by atoms with Crippen LogP contribution in [-0.2, 0) is 10.0 Å². The predicted octanol–water partition coefficient (Wildman–Crippen LogP) is 3.55. The Morgan fingerprint density at radius 2 is 1.70 bits per heavy atom. The Kier molecular flexibility index (Phi) is 5.67. The fourth-order valence-corrected chi connectivity index (χ4v) is 4.52. The minimum absolute atomic E-state index is 0.102. The second-order valence-electron chi connectivity index (χ2n) is 7.28. The summed E-state index contributed by atoms with van der Waals surface area (Å²) in [6.07, 6.45) is -0.127. The fourth-order valence-electron chi connectivity index (χ4n) is 3.45. The highest BCUT2D eigenvalue weighted by molar-refractivity contribution is 7.90. The first-order chi connectivity index (χ1) is 12.8. The maximum atomic E-state index is 12.9. The molecule has 144 valence electrons. The molecule has 1 heterocycles. The lowest BCUT2D eigenvalue weighted by Gasteiger charge is -2.26. The number of hydrogen-bond acceptors (Lipinski definition) is 3. The van der Waals surface area contributed by atoms with Crippen LogP contribution in [0, 0.1) is 12.8 Å². The molecule has 3 rings (SSSR count). The molecule has 0 aliphatic carbocycles. The van der Waals surface area contributed by atoms with Crippen LogP contribution in [0.5, 0.6) is 0 Å². The normalized spacial score (nSPS) is 20.4. The van der Waals surface area contributed by atoms with Gasteiger partial charge in [-0.2, -0.15) is 8.42 Å². The van der Waals surface area contributed by atoms with Gasteiger partial charge in [-0.3, -0.25) is 0 Å². The largest absolute Gasteiger partial charge is 0.388 e. The van der Waals surface area contributed by atoms with Crippen LogP contribution in [0.3, 0.4) is 0 Å². The van der Waals surface area contributed by atoms with E-state index in [0.29, 0.717) is 18.8 Å². The van der Waals surface area contributed by atoms with Crippen molar-refractivity contribution in [3.63, 3.8) is 0 Å². The molecule has 1 saturated heterocycles. The molecule has 6 heteroatoms. The summed E-state index contributed by atoms with van der Waals surface area (Å²) in [7, 11) is -3.84. The monoisotopic (exact) mass is 386 g/mol. The van der Waals surface area contributed by atoms with Crippen molar-refractivity contribution in [3.05, 3.63) is 65.7 Å². The van der Waals surface area contributed by atoms with Gasteiger partial charge in [0.05, 0.1) is 11.0 Å². The highest BCUT2D eigenvalue weighted by Gasteiger charge is 2.38. The summed E-state index contributed by atoms with van der Waals surface area (Å²) in [6, 6.07) is 16.1. The molecule has 0 bridgehead atoms. The molecule has 0 spiro atoms. The molecule has 2 aromatic carbocycles. The molecular formula is C21H26N2O3S. The van der Waals surface area contributed by atoms with Gasteiger partial charge in [-0.25, -0.2) is 0 Å². The van der Waals surface area contributed by atoms with E-state index in [2.05, 4.69) is 4.40 Å². The Morgan fingerprint density at radius 1 is 1.07 bits per heavy atom. The third-order valence-electron chi connectivity index (χ3n) is 4.99. The molecule has 1 N–H and O–H groups in total. The van der Waals surface area contributed by atoms with E-state index in [1.165, 1.54) is 0 Å². The molecule has 1 aliphatic rings. The number of sulfonamides is 1. The van der Waals surface area contributed by atoms with E-state index in [1.54, 1.807) is 24.3 Å². The van der Waals surface area contributed by atoms with E-state index in [-0.39, 0.29) is 16.9 Å². The van der Waals surface area contributed by atoms with Gasteiger partial charge in [0, 0.05) is 18.5 Å². The summed E-state index contributed by atoms with van der Waals surface area (Å²) in [5.74, 6) is 0.0944. The highest BCUT2D eigenvalue weighted by Crippen LogP contribution is 2.34. The summed E-state index contributed by atoms with van der Waals surface area (Å²) in [5.41, 5.74) is 1.76. The lowest BCUT2D eigenvalue weighted by Crippen LogP contribution is -2.36.